The number of aryl methyl sites for hydroxylation is 2. The first-order valence-corrected chi connectivity index (χ1v) is 5.95. The van der Waals surface area contributed by atoms with Gasteiger partial charge in [0.15, 0.2) is 0 Å². The van der Waals surface area contributed by atoms with E-state index in [4.69, 9.17) is 9.47 Å². The molecule has 106 valence electrons. The van der Waals surface area contributed by atoms with E-state index in [9.17, 15) is 4.79 Å². The van der Waals surface area contributed by atoms with Gasteiger partial charge in [-0.2, -0.15) is 10.1 Å². The van der Waals surface area contributed by atoms with Gasteiger partial charge < -0.3 is 14.8 Å². The molecular formula is C13H16N4O3. The quantitative estimate of drug-likeness (QED) is 0.913. The number of anilines is 1. The van der Waals surface area contributed by atoms with Gasteiger partial charge in [-0.25, -0.2) is 0 Å². The second-order valence-corrected chi connectivity index (χ2v) is 4.17. The van der Waals surface area contributed by atoms with Crippen molar-refractivity contribution in [3.8, 4) is 11.8 Å². The van der Waals surface area contributed by atoms with Crippen molar-refractivity contribution in [2.45, 2.75) is 6.92 Å². The van der Waals surface area contributed by atoms with Crippen molar-refractivity contribution >= 4 is 11.6 Å². The summed E-state index contributed by atoms with van der Waals surface area (Å²) in [4.78, 5) is 16.3. The maximum Gasteiger partial charge on any atom is 0.261 e. The van der Waals surface area contributed by atoms with Crippen LogP contribution in [0.4, 0.5) is 5.69 Å². The smallest absolute Gasteiger partial charge is 0.261 e. The van der Waals surface area contributed by atoms with Crippen LogP contribution >= 0.6 is 0 Å². The molecule has 0 saturated heterocycles. The summed E-state index contributed by atoms with van der Waals surface area (Å²) in [5.41, 5.74) is 1.72. The third kappa shape index (κ3) is 2.71. The molecule has 1 amide bonds. The van der Waals surface area contributed by atoms with E-state index in [1.54, 1.807) is 30.1 Å². The van der Waals surface area contributed by atoms with E-state index in [0.717, 1.165) is 5.69 Å². The van der Waals surface area contributed by atoms with E-state index in [2.05, 4.69) is 15.4 Å². The molecule has 0 saturated carbocycles. The van der Waals surface area contributed by atoms with Crippen molar-refractivity contribution in [1.29, 1.82) is 0 Å². The number of nitrogens with one attached hydrogen (secondary N) is 1. The number of carbonyl (C=O) groups excluding carboxylic acids is 1. The third-order valence-electron chi connectivity index (χ3n) is 2.74. The van der Waals surface area contributed by atoms with Crippen molar-refractivity contribution in [2.24, 2.45) is 7.05 Å². The second kappa shape index (κ2) is 5.60. The van der Waals surface area contributed by atoms with Gasteiger partial charge in [-0.3, -0.25) is 9.48 Å². The highest BCUT2D eigenvalue weighted by Gasteiger charge is 2.16. The van der Waals surface area contributed by atoms with Crippen LogP contribution in [0.2, 0.25) is 0 Å². The summed E-state index contributed by atoms with van der Waals surface area (Å²) >= 11 is 0. The monoisotopic (exact) mass is 276 g/mol. The minimum absolute atomic E-state index is 0.211. The molecule has 2 rings (SSSR count). The maximum atomic E-state index is 12.2. The number of rotatable bonds is 4. The van der Waals surface area contributed by atoms with E-state index in [1.807, 2.05) is 6.92 Å². The molecule has 0 fully saturated rings. The number of aromatic nitrogens is 3. The molecule has 0 aromatic carbocycles. The fourth-order valence-corrected chi connectivity index (χ4v) is 1.78. The van der Waals surface area contributed by atoms with Crippen LogP contribution in [0.25, 0.3) is 0 Å². The Hall–Kier alpha value is -2.57. The minimum atomic E-state index is -0.312. The molecule has 0 unspecified atom stereocenters. The average Bonchev–Trinajstić information content (AvgIpc) is 2.75. The van der Waals surface area contributed by atoms with Gasteiger partial charge in [0.05, 0.1) is 25.6 Å². The summed E-state index contributed by atoms with van der Waals surface area (Å²) in [6.07, 6.45) is 1.73. The summed E-state index contributed by atoms with van der Waals surface area (Å²) in [7, 11) is 4.74. The predicted octanol–water partition coefficient (Wildman–Crippen LogP) is 1.39. The Labute approximate surface area is 116 Å². The zero-order valence-electron chi connectivity index (χ0n) is 11.8. The first-order valence-electron chi connectivity index (χ1n) is 5.95. The van der Waals surface area contributed by atoms with Gasteiger partial charge in [-0.15, -0.1) is 0 Å². The van der Waals surface area contributed by atoms with Crippen LogP contribution in [0.5, 0.6) is 11.8 Å². The highest BCUT2D eigenvalue weighted by atomic mass is 16.5. The predicted molar refractivity (Wildman–Crippen MR) is 73.2 cm³/mol. The van der Waals surface area contributed by atoms with E-state index in [-0.39, 0.29) is 11.8 Å². The van der Waals surface area contributed by atoms with Crippen LogP contribution in [0, 0.1) is 6.92 Å². The summed E-state index contributed by atoms with van der Waals surface area (Å²) < 4.78 is 11.7. The topological polar surface area (TPSA) is 78.3 Å². The Morgan fingerprint density at radius 2 is 2.05 bits per heavy atom. The van der Waals surface area contributed by atoms with Gasteiger partial charge in [-0.1, -0.05) is 0 Å². The standard InChI is InChI=1S/C13H16N4O3/c1-8-10(7-17(2)16-8)14-12(18)9-5-6-11(19-3)15-13(9)20-4/h5-7H,1-4H3,(H,14,18). The highest BCUT2D eigenvalue weighted by Crippen LogP contribution is 2.21. The van der Waals surface area contributed by atoms with Crippen LogP contribution < -0.4 is 14.8 Å². The lowest BCUT2D eigenvalue weighted by molar-refractivity contribution is 0.102. The van der Waals surface area contributed by atoms with E-state index in [0.29, 0.717) is 17.1 Å². The zero-order valence-corrected chi connectivity index (χ0v) is 11.8. The number of ether oxygens (including phenoxy) is 2. The Bertz CT molecular complexity index is 637. The number of carbonyl (C=O) groups is 1. The molecule has 20 heavy (non-hydrogen) atoms. The highest BCUT2D eigenvalue weighted by molar-refractivity contribution is 6.06. The molecule has 0 aliphatic rings. The van der Waals surface area contributed by atoms with Crippen molar-refractivity contribution in [3.05, 3.63) is 29.6 Å². The lowest BCUT2D eigenvalue weighted by atomic mass is 10.2. The first-order chi connectivity index (χ1) is 9.55. The Morgan fingerprint density at radius 1 is 1.30 bits per heavy atom. The van der Waals surface area contributed by atoms with Crippen LogP contribution in [-0.4, -0.2) is 34.9 Å². The normalized spacial score (nSPS) is 10.2. The van der Waals surface area contributed by atoms with Gasteiger partial charge >= 0.3 is 0 Å². The van der Waals surface area contributed by atoms with Crippen LogP contribution in [0.1, 0.15) is 16.1 Å². The molecule has 0 radical (unpaired) electrons. The SMILES string of the molecule is COc1ccc(C(=O)Nc2cn(C)nc2C)c(OC)n1. The molecular weight excluding hydrogens is 260 g/mol. The Morgan fingerprint density at radius 3 is 2.60 bits per heavy atom. The molecule has 0 atom stereocenters. The van der Waals surface area contributed by atoms with Gasteiger partial charge in [-0.05, 0) is 13.0 Å². The van der Waals surface area contributed by atoms with Gasteiger partial charge in [0.2, 0.25) is 11.8 Å². The van der Waals surface area contributed by atoms with Crippen LogP contribution in [0.3, 0.4) is 0 Å². The van der Waals surface area contributed by atoms with Crippen LogP contribution in [-0.2, 0) is 7.05 Å². The summed E-state index contributed by atoms with van der Waals surface area (Å²) in [6, 6.07) is 3.21. The molecule has 2 aromatic heterocycles. The lowest BCUT2D eigenvalue weighted by Crippen LogP contribution is -2.14. The van der Waals surface area contributed by atoms with Crippen molar-refractivity contribution in [2.75, 3.05) is 19.5 Å². The number of hydrogen-bond acceptors (Lipinski definition) is 5. The number of hydrogen-bond donors (Lipinski definition) is 1. The number of pyridine rings is 1. The Kier molecular flexibility index (Phi) is 3.88. The molecule has 2 aromatic rings. The van der Waals surface area contributed by atoms with Crippen molar-refractivity contribution < 1.29 is 14.3 Å². The zero-order chi connectivity index (χ0) is 14.7. The Balaban J connectivity index is 2.27. The van der Waals surface area contributed by atoms with E-state index < -0.39 is 0 Å². The summed E-state index contributed by atoms with van der Waals surface area (Å²) in [6.45, 7) is 1.82. The average molecular weight is 276 g/mol. The minimum Gasteiger partial charge on any atom is -0.481 e. The van der Waals surface area contributed by atoms with E-state index in [1.165, 1.54) is 14.2 Å². The molecule has 0 spiro atoms. The third-order valence-corrected chi connectivity index (χ3v) is 2.74. The molecule has 7 nitrogen and oxygen atoms in total. The van der Waals surface area contributed by atoms with Crippen LogP contribution in [0.15, 0.2) is 18.3 Å². The fraction of sp³-hybridized carbons (Fsp3) is 0.308. The number of nitrogens with zero attached hydrogens (tertiary/aromatic N) is 3. The summed E-state index contributed by atoms with van der Waals surface area (Å²) in [5, 5.41) is 6.94. The van der Waals surface area contributed by atoms with Crippen molar-refractivity contribution in [1.82, 2.24) is 14.8 Å². The molecule has 1 N–H and O–H groups in total. The first kappa shape index (κ1) is 13.9. The molecule has 7 heteroatoms. The second-order valence-electron chi connectivity index (χ2n) is 4.17. The maximum absolute atomic E-state index is 12.2. The molecule has 0 aliphatic carbocycles. The molecule has 0 bridgehead atoms. The molecule has 0 aliphatic heterocycles. The fourth-order valence-electron chi connectivity index (χ4n) is 1.78. The van der Waals surface area contributed by atoms with E-state index >= 15 is 0 Å². The summed E-state index contributed by atoms with van der Waals surface area (Å²) in [5.74, 6) is 0.285. The van der Waals surface area contributed by atoms with Gasteiger partial charge in [0.1, 0.15) is 5.56 Å². The number of amides is 1. The van der Waals surface area contributed by atoms with Gasteiger partial charge in [0, 0.05) is 19.3 Å². The lowest BCUT2D eigenvalue weighted by Gasteiger charge is -2.09. The molecule has 2 heterocycles. The number of methoxy groups -OCH3 is 2. The largest absolute Gasteiger partial charge is 0.481 e. The van der Waals surface area contributed by atoms with Crippen molar-refractivity contribution in [3.63, 3.8) is 0 Å². The van der Waals surface area contributed by atoms with Gasteiger partial charge in [0.25, 0.3) is 5.91 Å².